The average Bonchev–Trinajstić information content (AvgIpc) is 2.24. The Bertz CT molecular complexity index is 440. The molecular weight excluding hydrogens is 237 g/mol. The van der Waals surface area contributed by atoms with E-state index in [-0.39, 0.29) is 12.2 Å². The molecule has 1 aromatic rings. The van der Waals surface area contributed by atoms with E-state index in [0.717, 1.165) is 0 Å². The maximum atomic E-state index is 13.6. The first-order valence-corrected chi connectivity index (χ1v) is 5.59. The Labute approximate surface area is 106 Å². The minimum absolute atomic E-state index is 0.127. The molecule has 1 rings (SSSR count). The molecule has 18 heavy (non-hydrogen) atoms. The molecule has 0 spiro atoms. The first kappa shape index (κ1) is 14.4. The topological polar surface area (TPSA) is 72.5 Å². The van der Waals surface area contributed by atoms with Gasteiger partial charge in [0, 0.05) is 11.5 Å². The third-order valence-corrected chi connectivity index (χ3v) is 2.86. The molecule has 0 aliphatic carbocycles. The molecule has 0 bridgehead atoms. The number of aliphatic carboxylic acids is 1. The van der Waals surface area contributed by atoms with Crippen LogP contribution in [-0.2, 0) is 4.79 Å². The predicted octanol–water partition coefficient (Wildman–Crippen LogP) is 2.13. The standard InChI is InChI=1S/C13H18FNO3/c1-13(2,15)9(7-12(16)17)8-4-5-11(18-3)10(14)6-8/h4-6,9H,7,15H2,1-3H3,(H,16,17). The highest BCUT2D eigenvalue weighted by Gasteiger charge is 2.29. The Hall–Kier alpha value is -1.62. The van der Waals surface area contributed by atoms with Gasteiger partial charge in [0.25, 0.3) is 0 Å². The van der Waals surface area contributed by atoms with Crippen molar-refractivity contribution in [2.24, 2.45) is 5.73 Å². The molecular formula is C13H18FNO3. The van der Waals surface area contributed by atoms with Crippen LogP contribution in [0.3, 0.4) is 0 Å². The number of hydrogen-bond donors (Lipinski definition) is 2. The summed E-state index contributed by atoms with van der Waals surface area (Å²) in [5.41, 5.74) is 5.77. The molecule has 0 aromatic heterocycles. The number of rotatable bonds is 5. The van der Waals surface area contributed by atoms with Gasteiger partial charge in [-0.1, -0.05) is 6.07 Å². The summed E-state index contributed by atoms with van der Waals surface area (Å²) in [6.45, 7) is 3.45. The van der Waals surface area contributed by atoms with E-state index in [1.807, 2.05) is 0 Å². The number of carboxylic acid groups (broad SMARTS) is 1. The summed E-state index contributed by atoms with van der Waals surface area (Å²) in [7, 11) is 1.37. The van der Waals surface area contributed by atoms with E-state index in [9.17, 15) is 9.18 Å². The first-order valence-electron chi connectivity index (χ1n) is 5.59. The number of benzene rings is 1. The van der Waals surface area contributed by atoms with Crippen LogP contribution in [0, 0.1) is 5.82 Å². The van der Waals surface area contributed by atoms with Gasteiger partial charge in [-0.2, -0.15) is 0 Å². The van der Waals surface area contributed by atoms with Gasteiger partial charge in [-0.3, -0.25) is 4.79 Å². The van der Waals surface area contributed by atoms with Crippen LogP contribution in [0.5, 0.6) is 5.75 Å². The zero-order valence-electron chi connectivity index (χ0n) is 10.7. The summed E-state index contributed by atoms with van der Waals surface area (Å²) in [5.74, 6) is -1.82. The highest BCUT2D eigenvalue weighted by Crippen LogP contribution is 2.32. The molecule has 5 heteroatoms. The maximum absolute atomic E-state index is 13.6. The Morgan fingerprint density at radius 3 is 2.56 bits per heavy atom. The number of carbonyl (C=O) groups is 1. The van der Waals surface area contributed by atoms with Crippen LogP contribution in [0.4, 0.5) is 4.39 Å². The van der Waals surface area contributed by atoms with Crippen LogP contribution in [0.25, 0.3) is 0 Å². The highest BCUT2D eigenvalue weighted by atomic mass is 19.1. The van der Waals surface area contributed by atoms with E-state index in [1.165, 1.54) is 19.2 Å². The number of carboxylic acids is 1. The quantitative estimate of drug-likeness (QED) is 0.845. The largest absolute Gasteiger partial charge is 0.494 e. The minimum atomic E-state index is -0.963. The Balaban J connectivity index is 3.13. The third-order valence-electron chi connectivity index (χ3n) is 2.86. The van der Waals surface area contributed by atoms with Gasteiger partial charge in [0.15, 0.2) is 11.6 Å². The fourth-order valence-corrected chi connectivity index (χ4v) is 1.88. The van der Waals surface area contributed by atoms with E-state index < -0.39 is 23.2 Å². The monoisotopic (exact) mass is 255 g/mol. The predicted molar refractivity (Wildman–Crippen MR) is 66.2 cm³/mol. The van der Waals surface area contributed by atoms with Gasteiger partial charge in [0.1, 0.15) is 0 Å². The summed E-state index contributed by atoms with van der Waals surface area (Å²) >= 11 is 0. The van der Waals surface area contributed by atoms with Gasteiger partial charge in [-0.15, -0.1) is 0 Å². The number of halogens is 1. The van der Waals surface area contributed by atoms with Crippen molar-refractivity contribution in [2.75, 3.05) is 7.11 Å². The van der Waals surface area contributed by atoms with E-state index in [4.69, 9.17) is 15.6 Å². The van der Waals surface area contributed by atoms with Crippen molar-refractivity contribution in [1.82, 2.24) is 0 Å². The number of methoxy groups -OCH3 is 1. The number of hydrogen-bond acceptors (Lipinski definition) is 3. The lowest BCUT2D eigenvalue weighted by Gasteiger charge is -2.30. The lowest BCUT2D eigenvalue weighted by atomic mass is 9.80. The van der Waals surface area contributed by atoms with Crippen LogP contribution < -0.4 is 10.5 Å². The van der Waals surface area contributed by atoms with Crippen LogP contribution in [0.15, 0.2) is 18.2 Å². The van der Waals surface area contributed by atoms with Crippen LogP contribution in [0.1, 0.15) is 31.7 Å². The van der Waals surface area contributed by atoms with E-state index in [0.29, 0.717) is 5.56 Å². The fourth-order valence-electron chi connectivity index (χ4n) is 1.88. The first-order chi connectivity index (χ1) is 8.25. The summed E-state index contributed by atoms with van der Waals surface area (Å²) in [6, 6.07) is 4.40. The van der Waals surface area contributed by atoms with Crippen molar-refractivity contribution >= 4 is 5.97 Å². The van der Waals surface area contributed by atoms with Gasteiger partial charge in [-0.05, 0) is 31.5 Å². The van der Waals surface area contributed by atoms with Gasteiger partial charge in [-0.25, -0.2) is 4.39 Å². The Morgan fingerprint density at radius 2 is 2.17 bits per heavy atom. The molecule has 0 aliphatic heterocycles. The maximum Gasteiger partial charge on any atom is 0.304 e. The lowest BCUT2D eigenvalue weighted by molar-refractivity contribution is -0.137. The molecule has 4 nitrogen and oxygen atoms in total. The number of nitrogens with two attached hydrogens (primary N) is 1. The molecule has 0 saturated carbocycles. The fraction of sp³-hybridized carbons (Fsp3) is 0.462. The second kappa shape index (κ2) is 5.35. The van der Waals surface area contributed by atoms with Crippen LogP contribution in [-0.4, -0.2) is 23.7 Å². The van der Waals surface area contributed by atoms with Crippen LogP contribution >= 0.6 is 0 Å². The van der Waals surface area contributed by atoms with E-state index in [2.05, 4.69) is 0 Å². The normalized spacial score (nSPS) is 13.2. The summed E-state index contributed by atoms with van der Waals surface area (Å²) < 4.78 is 18.4. The molecule has 0 radical (unpaired) electrons. The van der Waals surface area contributed by atoms with E-state index >= 15 is 0 Å². The lowest BCUT2D eigenvalue weighted by Crippen LogP contribution is -2.40. The molecule has 0 amide bonds. The molecule has 1 aromatic carbocycles. The Morgan fingerprint density at radius 1 is 1.56 bits per heavy atom. The van der Waals surface area contributed by atoms with Crippen molar-refractivity contribution in [2.45, 2.75) is 31.7 Å². The van der Waals surface area contributed by atoms with Gasteiger partial charge < -0.3 is 15.6 Å². The smallest absolute Gasteiger partial charge is 0.304 e. The second-order valence-corrected chi connectivity index (χ2v) is 4.87. The Kier molecular flexibility index (Phi) is 4.29. The second-order valence-electron chi connectivity index (χ2n) is 4.87. The number of ether oxygens (including phenoxy) is 1. The highest BCUT2D eigenvalue weighted by molar-refractivity contribution is 5.68. The summed E-state index contributed by atoms with van der Waals surface area (Å²) in [4.78, 5) is 10.9. The van der Waals surface area contributed by atoms with Gasteiger partial charge in [0.2, 0.25) is 0 Å². The third kappa shape index (κ3) is 3.43. The average molecular weight is 255 g/mol. The van der Waals surface area contributed by atoms with Gasteiger partial charge >= 0.3 is 5.97 Å². The molecule has 0 fully saturated rings. The molecule has 100 valence electrons. The van der Waals surface area contributed by atoms with Crippen molar-refractivity contribution in [3.8, 4) is 5.75 Å². The zero-order valence-corrected chi connectivity index (χ0v) is 10.7. The van der Waals surface area contributed by atoms with Crippen molar-refractivity contribution in [1.29, 1.82) is 0 Å². The molecule has 0 saturated heterocycles. The van der Waals surface area contributed by atoms with Crippen molar-refractivity contribution in [3.05, 3.63) is 29.6 Å². The zero-order chi connectivity index (χ0) is 13.9. The SMILES string of the molecule is COc1ccc(C(CC(=O)O)C(C)(C)N)cc1F. The summed E-state index contributed by atoms with van der Waals surface area (Å²) in [5, 5.41) is 8.90. The minimum Gasteiger partial charge on any atom is -0.494 e. The van der Waals surface area contributed by atoms with Crippen molar-refractivity contribution < 1.29 is 19.0 Å². The molecule has 0 heterocycles. The van der Waals surface area contributed by atoms with E-state index in [1.54, 1.807) is 19.9 Å². The van der Waals surface area contributed by atoms with Gasteiger partial charge in [0.05, 0.1) is 13.5 Å². The molecule has 1 atom stereocenters. The van der Waals surface area contributed by atoms with Crippen molar-refractivity contribution in [3.63, 3.8) is 0 Å². The molecule has 1 unspecified atom stereocenters. The molecule has 3 N–H and O–H groups in total. The van der Waals surface area contributed by atoms with Crippen LogP contribution in [0.2, 0.25) is 0 Å². The molecule has 0 aliphatic rings. The summed E-state index contributed by atoms with van der Waals surface area (Å²) in [6.07, 6.45) is -0.144.